The van der Waals surface area contributed by atoms with Gasteiger partial charge in [-0.25, -0.2) is 19.7 Å². The van der Waals surface area contributed by atoms with E-state index in [0.29, 0.717) is 59.4 Å². The second kappa shape index (κ2) is 7.36. The van der Waals surface area contributed by atoms with Gasteiger partial charge in [0.15, 0.2) is 0 Å². The van der Waals surface area contributed by atoms with Crippen molar-refractivity contribution in [1.29, 1.82) is 0 Å². The molecule has 4 rings (SSSR count). The first kappa shape index (κ1) is 19.2. The fourth-order valence-corrected chi connectivity index (χ4v) is 3.79. The van der Waals surface area contributed by atoms with E-state index in [1.165, 1.54) is 0 Å². The maximum Gasteiger partial charge on any atom is 0.405 e. The van der Waals surface area contributed by atoms with Crippen molar-refractivity contribution in [3.05, 3.63) is 23.5 Å². The number of hydrogen-bond donors (Lipinski definition) is 3. The van der Waals surface area contributed by atoms with E-state index >= 15 is 0 Å². The van der Waals surface area contributed by atoms with E-state index in [9.17, 15) is 4.79 Å². The molecular weight excluding hydrogens is 396 g/mol. The van der Waals surface area contributed by atoms with Gasteiger partial charge in [-0.15, -0.1) is 0 Å². The van der Waals surface area contributed by atoms with Crippen LogP contribution in [0.4, 0.5) is 16.4 Å². The smallest absolute Gasteiger partial charge is 0.405 e. The molecule has 1 saturated heterocycles. The lowest BCUT2D eigenvalue weighted by Crippen LogP contribution is -2.46. The van der Waals surface area contributed by atoms with Crippen molar-refractivity contribution in [3.8, 4) is 11.3 Å². The first-order valence-corrected chi connectivity index (χ1v) is 9.55. The number of carbonyl (C=O) groups excluding carboxylic acids is 1. The van der Waals surface area contributed by atoms with Gasteiger partial charge < -0.3 is 20.7 Å². The maximum absolute atomic E-state index is 11.1. The average molecular weight is 417 g/mol. The van der Waals surface area contributed by atoms with Crippen molar-refractivity contribution in [2.24, 2.45) is 5.73 Å². The lowest BCUT2D eigenvalue weighted by atomic mass is 9.93. The summed E-state index contributed by atoms with van der Waals surface area (Å²) < 4.78 is 5.25. The number of halogens is 1. The zero-order valence-corrected chi connectivity index (χ0v) is 16.8. The van der Waals surface area contributed by atoms with Crippen LogP contribution in [0.5, 0.6) is 0 Å². The SMILES string of the molecule is CNc1nccc(-c2[nH]nc3nc(N4CCC(C)(OC(N)=O)CC4)cnc23)c1Cl. The van der Waals surface area contributed by atoms with E-state index < -0.39 is 11.7 Å². The number of anilines is 2. The summed E-state index contributed by atoms with van der Waals surface area (Å²) in [6.45, 7) is 3.23. The predicted molar refractivity (Wildman–Crippen MR) is 110 cm³/mol. The predicted octanol–water partition coefficient (Wildman–Crippen LogP) is 2.56. The van der Waals surface area contributed by atoms with Crippen LogP contribution in [0.15, 0.2) is 18.5 Å². The Kier molecular flexibility index (Phi) is 4.87. The third-order valence-electron chi connectivity index (χ3n) is 5.14. The molecule has 0 saturated carbocycles. The summed E-state index contributed by atoms with van der Waals surface area (Å²) in [6.07, 6.45) is 3.94. The topological polar surface area (TPSA) is 135 Å². The van der Waals surface area contributed by atoms with Crippen LogP contribution in [0.1, 0.15) is 19.8 Å². The summed E-state index contributed by atoms with van der Waals surface area (Å²) in [7, 11) is 1.76. The Morgan fingerprint density at radius 1 is 1.38 bits per heavy atom. The average Bonchev–Trinajstić information content (AvgIpc) is 3.11. The summed E-state index contributed by atoms with van der Waals surface area (Å²) in [4.78, 5) is 26.6. The van der Waals surface area contributed by atoms with Crippen LogP contribution in [0.25, 0.3) is 22.4 Å². The molecule has 4 N–H and O–H groups in total. The maximum atomic E-state index is 11.1. The van der Waals surface area contributed by atoms with Crippen molar-refractivity contribution in [2.45, 2.75) is 25.4 Å². The molecule has 3 aromatic rings. The van der Waals surface area contributed by atoms with Gasteiger partial charge >= 0.3 is 6.09 Å². The summed E-state index contributed by atoms with van der Waals surface area (Å²) in [5.74, 6) is 1.29. The Morgan fingerprint density at radius 2 is 2.14 bits per heavy atom. The molecule has 0 spiro atoms. The zero-order valence-electron chi connectivity index (χ0n) is 16.1. The molecule has 1 amide bonds. The third kappa shape index (κ3) is 3.63. The number of rotatable bonds is 4. The van der Waals surface area contributed by atoms with E-state index in [1.807, 2.05) is 6.92 Å². The van der Waals surface area contributed by atoms with Crippen LogP contribution >= 0.6 is 11.6 Å². The number of aromatic nitrogens is 5. The van der Waals surface area contributed by atoms with Gasteiger partial charge in [0.05, 0.1) is 16.9 Å². The van der Waals surface area contributed by atoms with Crippen molar-refractivity contribution in [3.63, 3.8) is 0 Å². The van der Waals surface area contributed by atoms with Gasteiger partial charge in [-0.1, -0.05) is 11.6 Å². The number of hydrogen-bond acceptors (Lipinski definition) is 8. The van der Waals surface area contributed by atoms with E-state index in [0.717, 1.165) is 5.56 Å². The quantitative estimate of drug-likeness (QED) is 0.590. The highest BCUT2D eigenvalue weighted by atomic mass is 35.5. The van der Waals surface area contributed by atoms with Crippen molar-refractivity contribution in [1.82, 2.24) is 25.1 Å². The minimum absolute atomic E-state index is 0.483. The molecule has 0 atom stereocenters. The fraction of sp³-hybridized carbons (Fsp3) is 0.389. The molecule has 1 aliphatic heterocycles. The Bertz CT molecular complexity index is 1060. The molecule has 11 heteroatoms. The molecule has 3 aromatic heterocycles. The Morgan fingerprint density at radius 3 is 2.83 bits per heavy atom. The van der Waals surface area contributed by atoms with Gasteiger partial charge in [-0.2, -0.15) is 5.10 Å². The number of nitrogens with one attached hydrogen (secondary N) is 2. The van der Waals surface area contributed by atoms with E-state index in [4.69, 9.17) is 22.1 Å². The van der Waals surface area contributed by atoms with Gasteiger partial charge in [0.2, 0.25) is 5.65 Å². The molecule has 0 unspecified atom stereocenters. The van der Waals surface area contributed by atoms with Gasteiger partial charge in [0, 0.05) is 44.7 Å². The second-order valence-electron chi connectivity index (χ2n) is 7.13. The summed E-state index contributed by atoms with van der Waals surface area (Å²) >= 11 is 6.44. The minimum Gasteiger partial charge on any atom is -0.443 e. The van der Waals surface area contributed by atoms with E-state index in [-0.39, 0.29) is 0 Å². The molecular formula is C18H21ClN8O2. The molecule has 0 radical (unpaired) electrons. The highest BCUT2D eigenvalue weighted by molar-refractivity contribution is 6.35. The number of nitrogens with two attached hydrogens (primary N) is 1. The molecule has 0 aliphatic carbocycles. The van der Waals surface area contributed by atoms with Gasteiger partial charge in [0.25, 0.3) is 0 Å². The number of piperidine rings is 1. The van der Waals surface area contributed by atoms with Crippen LogP contribution in [-0.2, 0) is 4.74 Å². The number of amides is 1. The van der Waals surface area contributed by atoms with Crippen LogP contribution in [0.3, 0.4) is 0 Å². The first-order chi connectivity index (χ1) is 13.9. The number of primary amides is 1. The highest BCUT2D eigenvalue weighted by Gasteiger charge is 2.33. The molecule has 1 fully saturated rings. The highest BCUT2D eigenvalue weighted by Crippen LogP contribution is 2.34. The lowest BCUT2D eigenvalue weighted by molar-refractivity contribution is 0.0126. The second-order valence-corrected chi connectivity index (χ2v) is 7.51. The molecule has 0 aromatic carbocycles. The molecule has 0 bridgehead atoms. The Hall–Kier alpha value is -3.14. The lowest BCUT2D eigenvalue weighted by Gasteiger charge is -2.38. The normalized spacial score (nSPS) is 16.0. The van der Waals surface area contributed by atoms with Crippen molar-refractivity contribution >= 4 is 40.5 Å². The van der Waals surface area contributed by atoms with Crippen LogP contribution < -0.4 is 16.0 Å². The summed E-state index contributed by atoms with van der Waals surface area (Å²) in [6, 6.07) is 1.80. The van der Waals surface area contributed by atoms with Crippen LogP contribution in [-0.4, -0.2) is 57.0 Å². The number of carbonyl (C=O) groups is 1. The van der Waals surface area contributed by atoms with Crippen LogP contribution in [0, 0.1) is 0 Å². The van der Waals surface area contributed by atoms with Gasteiger partial charge in [0.1, 0.15) is 22.8 Å². The monoisotopic (exact) mass is 416 g/mol. The third-order valence-corrected chi connectivity index (χ3v) is 5.52. The summed E-state index contributed by atoms with van der Waals surface area (Å²) in [5, 5.41) is 10.7. The number of nitrogens with zero attached hydrogens (tertiary/aromatic N) is 5. The number of H-pyrrole nitrogens is 1. The van der Waals surface area contributed by atoms with Gasteiger partial charge in [-0.05, 0) is 13.0 Å². The van der Waals surface area contributed by atoms with E-state index in [2.05, 4.69) is 35.4 Å². The molecule has 1 aliphatic rings. The largest absolute Gasteiger partial charge is 0.443 e. The Balaban J connectivity index is 1.59. The zero-order chi connectivity index (χ0) is 20.6. The summed E-state index contributed by atoms with van der Waals surface area (Å²) in [5.41, 5.74) is 7.17. The van der Waals surface area contributed by atoms with Crippen LogP contribution in [0.2, 0.25) is 5.02 Å². The van der Waals surface area contributed by atoms with Crippen molar-refractivity contribution < 1.29 is 9.53 Å². The van der Waals surface area contributed by atoms with Crippen molar-refractivity contribution in [2.75, 3.05) is 30.4 Å². The van der Waals surface area contributed by atoms with Gasteiger partial charge in [-0.3, -0.25) is 5.10 Å². The molecule has 152 valence electrons. The Labute approximate surface area is 171 Å². The standard InChI is InChI=1S/C18H21ClN8O2/c1-18(29-17(20)28)4-7-27(8-5-18)11-9-23-14-13(25-26-16(14)24-11)10-3-6-22-15(21-2)12(10)19/h3,6,9H,4-5,7-8H2,1-2H3,(H2,20,28)(H,21,22)(H,24,25,26). The molecule has 10 nitrogen and oxygen atoms in total. The number of aromatic amines is 1. The fourth-order valence-electron chi connectivity index (χ4n) is 3.49. The molecule has 4 heterocycles. The number of pyridine rings is 1. The van der Waals surface area contributed by atoms with E-state index in [1.54, 1.807) is 25.5 Å². The minimum atomic E-state index is -0.748. The molecule has 29 heavy (non-hydrogen) atoms. The first-order valence-electron chi connectivity index (χ1n) is 9.17. The number of ether oxygens (including phenoxy) is 1. The number of fused-ring (bicyclic) bond motifs is 1.